The molecule has 0 saturated carbocycles. The quantitative estimate of drug-likeness (QED) is 0.838. The van der Waals surface area contributed by atoms with Gasteiger partial charge in [-0.25, -0.2) is 4.79 Å². The summed E-state index contributed by atoms with van der Waals surface area (Å²) in [6.45, 7) is 3.63. The van der Waals surface area contributed by atoms with Crippen molar-refractivity contribution in [3.63, 3.8) is 0 Å². The van der Waals surface area contributed by atoms with Gasteiger partial charge >= 0.3 is 6.09 Å². The normalized spacial score (nSPS) is 10.5. The molecule has 17 heavy (non-hydrogen) atoms. The van der Waals surface area contributed by atoms with Crippen molar-refractivity contribution < 1.29 is 9.53 Å². The number of nitriles is 1. The Morgan fingerprint density at radius 1 is 1.47 bits per heavy atom. The van der Waals surface area contributed by atoms with E-state index in [0.29, 0.717) is 5.75 Å². The zero-order valence-electron chi connectivity index (χ0n) is 9.98. The minimum absolute atomic E-state index is 0.458. The summed E-state index contributed by atoms with van der Waals surface area (Å²) in [6.07, 6.45) is -0.521. The molecule has 0 unspecified atom stereocenters. The van der Waals surface area contributed by atoms with E-state index in [9.17, 15) is 4.79 Å². The Hall–Kier alpha value is -1.67. The predicted octanol–water partition coefficient (Wildman–Crippen LogP) is 2.80. The van der Waals surface area contributed by atoms with Crippen molar-refractivity contribution in [3.05, 3.63) is 24.3 Å². The van der Waals surface area contributed by atoms with E-state index in [0.717, 1.165) is 4.90 Å². The maximum absolute atomic E-state index is 11.2. The van der Waals surface area contributed by atoms with Gasteiger partial charge in [-0.15, -0.1) is 11.8 Å². The summed E-state index contributed by atoms with van der Waals surface area (Å²) in [5.74, 6) is 0.458. The molecule has 0 atom stereocenters. The first-order chi connectivity index (χ1) is 7.98. The molecule has 1 aromatic rings. The van der Waals surface area contributed by atoms with Crippen LogP contribution in [-0.2, 0) is 0 Å². The molecule has 0 heterocycles. The maximum Gasteiger partial charge on any atom is 0.412 e. The Bertz CT molecular complexity index is 452. The van der Waals surface area contributed by atoms with Crippen LogP contribution in [0.1, 0.15) is 13.8 Å². The SMILES string of the molecule is CNC(=O)Oc1ccccc1SC(C)(C)C#N. The standard InChI is InChI=1S/C12H14N2O2S/c1-12(2,8-13)17-10-7-5-4-6-9(10)16-11(15)14-3/h4-7H,1-3H3,(H,14,15). The van der Waals surface area contributed by atoms with Crippen LogP contribution in [0.5, 0.6) is 5.75 Å². The Kier molecular flexibility index (Phi) is 4.41. The van der Waals surface area contributed by atoms with E-state index in [1.165, 1.54) is 18.8 Å². The number of carbonyl (C=O) groups excluding carboxylic acids is 1. The minimum Gasteiger partial charge on any atom is -0.409 e. The summed E-state index contributed by atoms with van der Waals surface area (Å²) in [6, 6.07) is 9.33. The van der Waals surface area contributed by atoms with Gasteiger partial charge in [0.1, 0.15) is 10.5 Å². The Morgan fingerprint density at radius 2 is 2.12 bits per heavy atom. The number of nitrogens with one attached hydrogen (secondary N) is 1. The van der Waals surface area contributed by atoms with Crippen LogP contribution in [0.25, 0.3) is 0 Å². The van der Waals surface area contributed by atoms with Crippen molar-refractivity contribution in [1.29, 1.82) is 5.26 Å². The molecular formula is C12H14N2O2S. The van der Waals surface area contributed by atoms with E-state index < -0.39 is 10.8 Å². The maximum atomic E-state index is 11.2. The van der Waals surface area contributed by atoms with Crippen molar-refractivity contribution in [1.82, 2.24) is 5.32 Å². The molecule has 1 aromatic carbocycles. The number of hydrogen-bond acceptors (Lipinski definition) is 4. The first-order valence-corrected chi connectivity index (χ1v) is 5.89. The Labute approximate surface area is 105 Å². The molecule has 1 N–H and O–H groups in total. The molecular weight excluding hydrogens is 236 g/mol. The van der Waals surface area contributed by atoms with Gasteiger partial charge in [-0.2, -0.15) is 5.26 Å². The average molecular weight is 250 g/mol. The Morgan fingerprint density at radius 3 is 2.71 bits per heavy atom. The van der Waals surface area contributed by atoms with Crippen LogP contribution in [0.2, 0.25) is 0 Å². The van der Waals surface area contributed by atoms with Crippen molar-refractivity contribution >= 4 is 17.9 Å². The summed E-state index contributed by atoms with van der Waals surface area (Å²) in [7, 11) is 1.50. The van der Waals surface area contributed by atoms with Crippen molar-refractivity contribution in [2.24, 2.45) is 0 Å². The van der Waals surface area contributed by atoms with E-state index in [1.807, 2.05) is 26.0 Å². The van der Waals surface area contributed by atoms with Crippen LogP contribution in [0.15, 0.2) is 29.2 Å². The third kappa shape index (κ3) is 4.00. The zero-order valence-corrected chi connectivity index (χ0v) is 10.8. The summed E-state index contributed by atoms with van der Waals surface area (Å²) in [4.78, 5) is 11.9. The van der Waals surface area contributed by atoms with Crippen LogP contribution in [0, 0.1) is 11.3 Å². The van der Waals surface area contributed by atoms with E-state index in [4.69, 9.17) is 10.00 Å². The number of ether oxygens (including phenoxy) is 1. The highest BCUT2D eigenvalue weighted by Crippen LogP contribution is 2.37. The highest BCUT2D eigenvalue weighted by molar-refractivity contribution is 8.01. The summed E-state index contributed by atoms with van der Waals surface area (Å²) < 4.78 is 4.54. The molecule has 0 bridgehead atoms. The lowest BCUT2D eigenvalue weighted by Crippen LogP contribution is -2.22. The number of rotatable bonds is 3. The van der Waals surface area contributed by atoms with Crippen LogP contribution in [0.4, 0.5) is 4.79 Å². The number of amides is 1. The first kappa shape index (κ1) is 13.4. The molecule has 5 heteroatoms. The molecule has 4 nitrogen and oxygen atoms in total. The highest BCUT2D eigenvalue weighted by Gasteiger charge is 2.21. The van der Waals surface area contributed by atoms with Gasteiger partial charge in [-0.05, 0) is 26.0 Å². The van der Waals surface area contributed by atoms with Gasteiger partial charge in [-0.1, -0.05) is 12.1 Å². The van der Waals surface area contributed by atoms with Gasteiger partial charge in [0, 0.05) is 7.05 Å². The first-order valence-electron chi connectivity index (χ1n) is 5.07. The number of carbonyl (C=O) groups is 1. The number of hydrogen-bond donors (Lipinski definition) is 1. The van der Waals surface area contributed by atoms with Gasteiger partial charge in [-0.3, -0.25) is 0 Å². The number of thioether (sulfide) groups is 1. The predicted molar refractivity (Wildman–Crippen MR) is 67.1 cm³/mol. The van der Waals surface area contributed by atoms with Crippen molar-refractivity contribution in [2.45, 2.75) is 23.5 Å². The molecule has 0 fully saturated rings. The summed E-state index contributed by atoms with van der Waals surface area (Å²) in [5, 5.41) is 11.4. The fourth-order valence-corrected chi connectivity index (χ4v) is 2.02. The third-order valence-corrected chi connectivity index (χ3v) is 3.05. The van der Waals surface area contributed by atoms with Gasteiger partial charge in [0.2, 0.25) is 0 Å². The molecule has 0 saturated heterocycles. The Balaban J connectivity index is 2.93. The molecule has 0 aliphatic rings. The van der Waals surface area contributed by atoms with E-state index in [1.54, 1.807) is 12.1 Å². The average Bonchev–Trinajstić information content (AvgIpc) is 2.31. The molecule has 0 aliphatic carbocycles. The van der Waals surface area contributed by atoms with Gasteiger partial charge in [0.25, 0.3) is 0 Å². The fraction of sp³-hybridized carbons (Fsp3) is 0.333. The lowest BCUT2D eigenvalue weighted by molar-refractivity contribution is 0.202. The highest BCUT2D eigenvalue weighted by atomic mass is 32.2. The van der Waals surface area contributed by atoms with Crippen LogP contribution in [0.3, 0.4) is 0 Å². The number of nitrogens with zero attached hydrogens (tertiary/aromatic N) is 1. The lowest BCUT2D eigenvalue weighted by atomic mass is 10.2. The molecule has 1 amide bonds. The second kappa shape index (κ2) is 5.60. The summed E-state index contributed by atoms with van der Waals surface area (Å²) in [5.41, 5.74) is 0. The molecule has 0 aliphatic heterocycles. The smallest absolute Gasteiger partial charge is 0.409 e. The second-order valence-electron chi connectivity index (χ2n) is 3.81. The molecule has 0 radical (unpaired) electrons. The molecule has 1 rings (SSSR count). The van der Waals surface area contributed by atoms with Crippen LogP contribution >= 0.6 is 11.8 Å². The van der Waals surface area contributed by atoms with Gasteiger partial charge in [0.15, 0.2) is 0 Å². The number of para-hydroxylation sites is 1. The molecule has 0 aromatic heterocycles. The van der Waals surface area contributed by atoms with Crippen molar-refractivity contribution in [2.75, 3.05) is 7.05 Å². The van der Waals surface area contributed by atoms with Crippen LogP contribution in [-0.4, -0.2) is 17.9 Å². The second-order valence-corrected chi connectivity index (χ2v) is 5.48. The van der Waals surface area contributed by atoms with Gasteiger partial charge in [0.05, 0.1) is 11.0 Å². The van der Waals surface area contributed by atoms with E-state index >= 15 is 0 Å². The van der Waals surface area contributed by atoms with Crippen LogP contribution < -0.4 is 10.1 Å². The van der Waals surface area contributed by atoms with Crippen molar-refractivity contribution in [3.8, 4) is 11.8 Å². The lowest BCUT2D eigenvalue weighted by Gasteiger charge is -2.16. The van der Waals surface area contributed by atoms with Gasteiger partial charge < -0.3 is 10.1 Å². The summed E-state index contributed by atoms with van der Waals surface area (Å²) >= 11 is 1.36. The molecule has 90 valence electrons. The monoisotopic (exact) mass is 250 g/mol. The largest absolute Gasteiger partial charge is 0.412 e. The van der Waals surface area contributed by atoms with E-state index in [-0.39, 0.29) is 0 Å². The van der Waals surface area contributed by atoms with E-state index in [2.05, 4.69) is 11.4 Å². The minimum atomic E-state index is -0.567. The fourth-order valence-electron chi connectivity index (χ4n) is 1.07. The number of benzene rings is 1. The topological polar surface area (TPSA) is 62.1 Å². The zero-order chi connectivity index (χ0) is 12.9. The molecule has 0 spiro atoms. The third-order valence-electron chi connectivity index (χ3n) is 1.89.